The molecule has 0 bridgehead atoms. The van der Waals surface area contributed by atoms with Gasteiger partial charge in [0.15, 0.2) is 0 Å². The van der Waals surface area contributed by atoms with Crippen LogP contribution in [0.5, 0.6) is 0 Å². The molecule has 9 heteroatoms. The summed E-state index contributed by atoms with van der Waals surface area (Å²) in [6, 6.07) is 0. The highest BCUT2D eigenvalue weighted by molar-refractivity contribution is 6.12. The lowest BCUT2D eigenvalue weighted by Gasteiger charge is -2.46. The van der Waals surface area contributed by atoms with Gasteiger partial charge in [-0.15, -0.1) is 0 Å². The lowest BCUT2D eigenvalue weighted by molar-refractivity contribution is -0.328. The van der Waals surface area contributed by atoms with Gasteiger partial charge in [0, 0.05) is 25.7 Å². The normalized spacial score (nSPS) is 27.7. The fourth-order valence-corrected chi connectivity index (χ4v) is 4.53. The Morgan fingerprint density at radius 2 is 1.21 bits per heavy atom. The van der Waals surface area contributed by atoms with Crippen LogP contribution < -0.4 is 0 Å². The average Bonchev–Trinajstić information content (AvgIpc) is 2.67. The fraction of sp³-hybridized carbons (Fsp3) is 0.750. The summed E-state index contributed by atoms with van der Waals surface area (Å²) in [5, 5.41) is 0. The minimum absolute atomic E-state index is 0.360. The van der Waals surface area contributed by atoms with Crippen LogP contribution in [0.25, 0.3) is 0 Å². The number of rotatable bonds is 3. The Morgan fingerprint density at radius 1 is 0.724 bits per heavy atom. The molecule has 4 aliphatic rings. The van der Waals surface area contributed by atoms with Gasteiger partial charge in [-0.2, -0.15) is 4.89 Å². The van der Waals surface area contributed by atoms with Crippen molar-refractivity contribution in [2.45, 2.75) is 82.7 Å². The van der Waals surface area contributed by atoms with E-state index >= 15 is 0 Å². The maximum Gasteiger partial charge on any atom is 0.346 e. The topological polar surface area (TPSA) is 107 Å². The summed E-state index contributed by atoms with van der Waals surface area (Å²) < 4.78 is 22.6. The SMILES string of the molecule is COOC1=C(C2(C)C(=O)OC3(CCCCC3)OC2=O)C(=O)OC2(CCCCC2)O1. The van der Waals surface area contributed by atoms with Crippen molar-refractivity contribution in [1.82, 2.24) is 0 Å². The fourth-order valence-electron chi connectivity index (χ4n) is 4.53. The molecule has 2 aliphatic heterocycles. The molecule has 0 aromatic heterocycles. The van der Waals surface area contributed by atoms with Crippen LogP contribution in [0.3, 0.4) is 0 Å². The minimum Gasteiger partial charge on any atom is -0.421 e. The highest BCUT2D eigenvalue weighted by atomic mass is 17.2. The molecule has 2 aliphatic carbocycles. The summed E-state index contributed by atoms with van der Waals surface area (Å²) in [5.41, 5.74) is -2.49. The number of hydrogen-bond donors (Lipinski definition) is 0. The smallest absolute Gasteiger partial charge is 0.346 e. The van der Waals surface area contributed by atoms with E-state index in [2.05, 4.69) is 0 Å². The van der Waals surface area contributed by atoms with Gasteiger partial charge in [-0.05, 0) is 32.6 Å². The average molecular weight is 410 g/mol. The third-order valence-corrected chi connectivity index (χ3v) is 6.23. The summed E-state index contributed by atoms with van der Waals surface area (Å²) >= 11 is 0. The number of esters is 3. The predicted molar refractivity (Wildman–Crippen MR) is 94.2 cm³/mol. The Kier molecular flexibility index (Phi) is 4.96. The number of carbonyl (C=O) groups is 3. The van der Waals surface area contributed by atoms with Gasteiger partial charge in [0.2, 0.25) is 5.41 Å². The molecule has 0 amide bonds. The number of ether oxygens (including phenoxy) is 4. The molecule has 160 valence electrons. The maximum atomic E-state index is 13.0. The summed E-state index contributed by atoms with van der Waals surface area (Å²) in [6.07, 6.45) is 7.01. The van der Waals surface area contributed by atoms with Crippen molar-refractivity contribution in [3.05, 3.63) is 11.5 Å². The predicted octanol–water partition coefficient (Wildman–Crippen LogP) is 2.78. The van der Waals surface area contributed by atoms with E-state index in [9.17, 15) is 14.4 Å². The molecular formula is C20H26O9. The van der Waals surface area contributed by atoms with E-state index in [4.69, 9.17) is 28.7 Å². The Bertz CT molecular complexity index is 721. The van der Waals surface area contributed by atoms with Gasteiger partial charge in [-0.1, -0.05) is 12.8 Å². The Labute approximate surface area is 168 Å². The molecule has 3 fully saturated rings. The molecule has 0 aromatic rings. The summed E-state index contributed by atoms with van der Waals surface area (Å²) in [5.74, 6) is -5.46. The van der Waals surface area contributed by atoms with Crippen LogP contribution in [-0.2, 0) is 43.1 Å². The molecule has 0 N–H and O–H groups in total. The third kappa shape index (κ3) is 3.25. The van der Waals surface area contributed by atoms with E-state index in [1.807, 2.05) is 0 Å². The zero-order valence-electron chi connectivity index (χ0n) is 16.7. The van der Waals surface area contributed by atoms with Crippen molar-refractivity contribution in [3.8, 4) is 0 Å². The first-order chi connectivity index (χ1) is 13.8. The molecule has 4 rings (SSSR count). The largest absolute Gasteiger partial charge is 0.421 e. The lowest BCUT2D eigenvalue weighted by Crippen LogP contribution is -2.59. The maximum absolute atomic E-state index is 13.0. The highest BCUT2D eigenvalue weighted by Crippen LogP contribution is 2.48. The van der Waals surface area contributed by atoms with Crippen LogP contribution in [-0.4, -0.2) is 36.6 Å². The van der Waals surface area contributed by atoms with E-state index in [0.717, 1.165) is 38.5 Å². The van der Waals surface area contributed by atoms with Crippen LogP contribution in [0.1, 0.15) is 71.1 Å². The quantitative estimate of drug-likeness (QED) is 0.300. The second-order valence-electron chi connectivity index (χ2n) is 8.25. The zero-order chi connectivity index (χ0) is 20.7. The van der Waals surface area contributed by atoms with Gasteiger partial charge < -0.3 is 18.9 Å². The van der Waals surface area contributed by atoms with E-state index in [-0.39, 0.29) is 5.95 Å². The van der Waals surface area contributed by atoms with Gasteiger partial charge in [0.05, 0.1) is 7.11 Å². The van der Waals surface area contributed by atoms with Crippen LogP contribution in [0.2, 0.25) is 0 Å². The Balaban J connectivity index is 1.70. The molecule has 29 heavy (non-hydrogen) atoms. The van der Waals surface area contributed by atoms with E-state index in [0.29, 0.717) is 25.7 Å². The van der Waals surface area contributed by atoms with Crippen molar-refractivity contribution in [2.24, 2.45) is 5.41 Å². The monoisotopic (exact) mass is 410 g/mol. The van der Waals surface area contributed by atoms with Gasteiger partial charge in [-0.25, -0.2) is 4.79 Å². The molecule has 2 spiro atoms. The molecule has 0 radical (unpaired) electrons. The van der Waals surface area contributed by atoms with Crippen LogP contribution in [0, 0.1) is 5.41 Å². The molecule has 9 nitrogen and oxygen atoms in total. The molecule has 0 atom stereocenters. The van der Waals surface area contributed by atoms with Crippen molar-refractivity contribution in [1.29, 1.82) is 0 Å². The van der Waals surface area contributed by atoms with Crippen LogP contribution in [0.15, 0.2) is 11.5 Å². The van der Waals surface area contributed by atoms with E-state index < -0.39 is 40.5 Å². The molecule has 2 saturated carbocycles. The second kappa shape index (κ2) is 7.19. The number of carbonyl (C=O) groups excluding carboxylic acids is 3. The highest BCUT2D eigenvalue weighted by Gasteiger charge is 2.64. The second-order valence-corrected chi connectivity index (χ2v) is 8.25. The minimum atomic E-state index is -2.08. The lowest BCUT2D eigenvalue weighted by atomic mass is 9.79. The van der Waals surface area contributed by atoms with E-state index in [1.165, 1.54) is 14.0 Å². The first kappa shape index (κ1) is 20.0. The third-order valence-electron chi connectivity index (χ3n) is 6.23. The van der Waals surface area contributed by atoms with Crippen LogP contribution >= 0.6 is 0 Å². The van der Waals surface area contributed by atoms with Gasteiger partial charge in [0.1, 0.15) is 5.57 Å². The van der Waals surface area contributed by atoms with Gasteiger partial charge in [-0.3, -0.25) is 14.5 Å². The molecule has 0 aromatic carbocycles. The molecule has 0 unspecified atom stereocenters. The molecule has 1 saturated heterocycles. The number of hydrogen-bond acceptors (Lipinski definition) is 9. The summed E-state index contributed by atoms with van der Waals surface area (Å²) in [6.45, 7) is 1.26. The van der Waals surface area contributed by atoms with Crippen molar-refractivity contribution >= 4 is 17.9 Å². The van der Waals surface area contributed by atoms with Gasteiger partial charge in [0.25, 0.3) is 11.6 Å². The van der Waals surface area contributed by atoms with Crippen molar-refractivity contribution in [3.63, 3.8) is 0 Å². The first-order valence-corrected chi connectivity index (χ1v) is 10.2. The van der Waals surface area contributed by atoms with Crippen molar-refractivity contribution in [2.75, 3.05) is 7.11 Å². The van der Waals surface area contributed by atoms with Gasteiger partial charge >= 0.3 is 23.9 Å². The van der Waals surface area contributed by atoms with E-state index in [1.54, 1.807) is 0 Å². The standard InChI is InChI=1S/C20H26O9/c1-18(16(22)27-20(28-17(18)23)11-7-4-8-12-20)13-14(21)25-19(9-5-3-6-10-19)26-15(13)29-24-2/h3-12H2,1-2H3. The summed E-state index contributed by atoms with van der Waals surface area (Å²) in [4.78, 5) is 48.9. The Morgan fingerprint density at radius 3 is 1.69 bits per heavy atom. The molecule has 2 heterocycles. The summed E-state index contributed by atoms with van der Waals surface area (Å²) in [7, 11) is 1.23. The first-order valence-electron chi connectivity index (χ1n) is 10.2. The molecular weight excluding hydrogens is 384 g/mol. The zero-order valence-corrected chi connectivity index (χ0v) is 16.7. The Hall–Kier alpha value is -2.29. The van der Waals surface area contributed by atoms with Crippen LogP contribution in [0.4, 0.5) is 0 Å². The van der Waals surface area contributed by atoms with Crippen molar-refractivity contribution < 1.29 is 43.1 Å².